The molecule has 1 fully saturated rings. The van der Waals surface area contributed by atoms with E-state index in [1.807, 2.05) is 31.2 Å². The molecule has 26 heavy (non-hydrogen) atoms. The Morgan fingerprint density at radius 1 is 1.04 bits per heavy atom. The third-order valence-corrected chi connectivity index (χ3v) is 5.87. The molecule has 0 N–H and O–H groups in total. The van der Waals surface area contributed by atoms with Gasteiger partial charge in [0.05, 0.1) is 24.0 Å². The standard InChI is InChI=1S/C20H23N3O2S/c1-13-11-17(12-14(2)25-13)26-20-22-21-19(18-9-10-24-15(18)3)23(20)16-7-5-4-6-8-16/h4-10,13-14,17H,11-12H2,1-3H3/t13-,14-/m0/s1. The van der Waals surface area contributed by atoms with Crippen molar-refractivity contribution in [1.82, 2.24) is 14.8 Å². The first-order valence-electron chi connectivity index (χ1n) is 8.99. The van der Waals surface area contributed by atoms with E-state index in [4.69, 9.17) is 9.15 Å². The van der Waals surface area contributed by atoms with Gasteiger partial charge in [0.25, 0.3) is 0 Å². The van der Waals surface area contributed by atoms with Crippen LogP contribution in [0.15, 0.2) is 52.2 Å². The van der Waals surface area contributed by atoms with Gasteiger partial charge in [-0.1, -0.05) is 30.0 Å². The Bertz CT molecular complexity index is 864. The number of furan rings is 1. The van der Waals surface area contributed by atoms with Crippen molar-refractivity contribution < 1.29 is 9.15 Å². The molecule has 0 bridgehead atoms. The number of rotatable bonds is 4. The molecule has 0 saturated carbocycles. The molecule has 136 valence electrons. The summed E-state index contributed by atoms with van der Waals surface area (Å²) in [6.45, 7) is 6.24. The van der Waals surface area contributed by atoms with Crippen molar-refractivity contribution in [3.05, 3.63) is 48.4 Å². The van der Waals surface area contributed by atoms with Crippen LogP contribution in [0.5, 0.6) is 0 Å². The lowest BCUT2D eigenvalue weighted by molar-refractivity contribution is -0.0265. The fraction of sp³-hybridized carbons (Fsp3) is 0.400. The van der Waals surface area contributed by atoms with Gasteiger partial charge in [-0.3, -0.25) is 4.57 Å². The van der Waals surface area contributed by atoms with Crippen LogP contribution in [0.4, 0.5) is 0 Å². The van der Waals surface area contributed by atoms with Crippen molar-refractivity contribution >= 4 is 11.8 Å². The number of benzene rings is 1. The molecule has 2 aromatic heterocycles. The van der Waals surface area contributed by atoms with Crippen molar-refractivity contribution in [2.45, 2.75) is 56.2 Å². The zero-order valence-electron chi connectivity index (χ0n) is 15.3. The molecule has 1 aromatic carbocycles. The Morgan fingerprint density at radius 3 is 2.42 bits per heavy atom. The SMILES string of the molecule is Cc1occc1-c1nnc(SC2C[C@H](C)O[C@@H](C)C2)n1-c1ccccc1. The second-order valence-corrected chi connectivity index (χ2v) is 8.10. The van der Waals surface area contributed by atoms with Crippen LogP contribution in [0.3, 0.4) is 0 Å². The first-order chi connectivity index (χ1) is 12.6. The van der Waals surface area contributed by atoms with E-state index in [2.05, 4.69) is 40.7 Å². The molecule has 3 aromatic rings. The van der Waals surface area contributed by atoms with Crippen LogP contribution in [0, 0.1) is 6.92 Å². The lowest BCUT2D eigenvalue weighted by Crippen LogP contribution is -2.30. The van der Waals surface area contributed by atoms with Gasteiger partial charge in [-0.25, -0.2) is 0 Å². The van der Waals surface area contributed by atoms with Gasteiger partial charge in [0.1, 0.15) is 5.76 Å². The Kier molecular flexibility index (Phi) is 4.87. The van der Waals surface area contributed by atoms with E-state index in [0.29, 0.717) is 5.25 Å². The van der Waals surface area contributed by atoms with Gasteiger partial charge in [0.2, 0.25) is 0 Å². The summed E-state index contributed by atoms with van der Waals surface area (Å²) in [6, 6.07) is 12.2. The molecule has 1 aliphatic heterocycles. The summed E-state index contributed by atoms with van der Waals surface area (Å²) in [7, 11) is 0. The summed E-state index contributed by atoms with van der Waals surface area (Å²) < 4.78 is 13.5. The second-order valence-electron chi connectivity index (χ2n) is 6.84. The summed E-state index contributed by atoms with van der Waals surface area (Å²) in [4.78, 5) is 0. The quantitative estimate of drug-likeness (QED) is 0.656. The summed E-state index contributed by atoms with van der Waals surface area (Å²) >= 11 is 1.80. The predicted molar refractivity (Wildman–Crippen MR) is 103 cm³/mol. The van der Waals surface area contributed by atoms with E-state index in [9.17, 15) is 0 Å². The van der Waals surface area contributed by atoms with Crippen LogP contribution >= 0.6 is 11.8 Å². The van der Waals surface area contributed by atoms with E-state index in [1.165, 1.54) is 0 Å². The van der Waals surface area contributed by atoms with E-state index in [1.54, 1.807) is 18.0 Å². The minimum Gasteiger partial charge on any atom is -0.469 e. The van der Waals surface area contributed by atoms with Crippen LogP contribution in [0.1, 0.15) is 32.4 Å². The Hall–Kier alpha value is -2.05. The van der Waals surface area contributed by atoms with Crippen LogP contribution in [0.2, 0.25) is 0 Å². The molecule has 5 nitrogen and oxygen atoms in total. The number of hydrogen-bond acceptors (Lipinski definition) is 5. The first-order valence-corrected chi connectivity index (χ1v) is 9.87. The third kappa shape index (κ3) is 3.44. The van der Waals surface area contributed by atoms with E-state index >= 15 is 0 Å². The Labute approximate surface area is 157 Å². The van der Waals surface area contributed by atoms with Crippen LogP contribution in [0.25, 0.3) is 17.1 Å². The molecule has 0 spiro atoms. The minimum atomic E-state index is 0.278. The average molecular weight is 369 g/mol. The summed E-state index contributed by atoms with van der Waals surface area (Å²) in [5.41, 5.74) is 2.03. The van der Waals surface area contributed by atoms with Gasteiger partial charge < -0.3 is 9.15 Å². The van der Waals surface area contributed by atoms with Crippen LogP contribution < -0.4 is 0 Å². The van der Waals surface area contributed by atoms with Gasteiger partial charge in [0.15, 0.2) is 11.0 Å². The lowest BCUT2D eigenvalue weighted by atomic mass is 10.1. The van der Waals surface area contributed by atoms with E-state index in [-0.39, 0.29) is 12.2 Å². The molecule has 0 radical (unpaired) electrons. The molecule has 6 heteroatoms. The number of ether oxygens (including phenoxy) is 1. The number of para-hydroxylation sites is 1. The van der Waals surface area contributed by atoms with Crippen molar-refractivity contribution in [1.29, 1.82) is 0 Å². The molecule has 0 unspecified atom stereocenters. The highest BCUT2D eigenvalue weighted by molar-refractivity contribution is 7.99. The molecule has 3 heterocycles. The maximum absolute atomic E-state index is 5.88. The molecule has 2 atom stereocenters. The van der Waals surface area contributed by atoms with Crippen molar-refractivity contribution in [2.24, 2.45) is 0 Å². The number of aromatic nitrogens is 3. The summed E-state index contributed by atoms with van der Waals surface area (Å²) in [5.74, 6) is 1.66. The molecular weight excluding hydrogens is 346 g/mol. The number of nitrogens with zero attached hydrogens (tertiary/aromatic N) is 3. The largest absolute Gasteiger partial charge is 0.469 e. The van der Waals surface area contributed by atoms with Crippen molar-refractivity contribution in [3.63, 3.8) is 0 Å². The van der Waals surface area contributed by atoms with E-state index < -0.39 is 0 Å². The normalized spacial score (nSPS) is 23.3. The molecule has 4 rings (SSSR count). The highest BCUT2D eigenvalue weighted by Crippen LogP contribution is 2.36. The Morgan fingerprint density at radius 2 is 1.77 bits per heavy atom. The topological polar surface area (TPSA) is 53.1 Å². The van der Waals surface area contributed by atoms with Crippen LogP contribution in [-0.2, 0) is 4.74 Å². The van der Waals surface area contributed by atoms with Gasteiger partial charge in [-0.15, -0.1) is 10.2 Å². The maximum Gasteiger partial charge on any atom is 0.196 e. The highest BCUT2D eigenvalue weighted by Gasteiger charge is 2.28. The molecule has 0 aliphatic carbocycles. The second kappa shape index (κ2) is 7.29. The van der Waals surface area contributed by atoms with Crippen molar-refractivity contribution in [2.75, 3.05) is 0 Å². The predicted octanol–water partition coefficient (Wildman–Crippen LogP) is 4.88. The Balaban J connectivity index is 1.73. The molecule has 0 amide bonds. The smallest absolute Gasteiger partial charge is 0.196 e. The van der Waals surface area contributed by atoms with Gasteiger partial charge in [-0.05, 0) is 51.8 Å². The summed E-state index contributed by atoms with van der Waals surface area (Å²) in [5, 5.41) is 10.4. The zero-order chi connectivity index (χ0) is 18.1. The minimum absolute atomic E-state index is 0.278. The number of aryl methyl sites for hydroxylation is 1. The number of hydrogen-bond donors (Lipinski definition) is 0. The van der Waals surface area contributed by atoms with Crippen molar-refractivity contribution in [3.8, 4) is 17.1 Å². The fourth-order valence-electron chi connectivity index (χ4n) is 3.54. The third-order valence-electron chi connectivity index (χ3n) is 4.67. The lowest BCUT2D eigenvalue weighted by Gasteiger charge is -2.31. The maximum atomic E-state index is 5.88. The van der Waals surface area contributed by atoms with E-state index in [0.717, 1.165) is 40.8 Å². The van der Waals surface area contributed by atoms with Gasteiger partial charge in [0, 0.05) is 10.9 Å². The van der Waals surface area contributed by atoms with Gasteiger partial charge >= 0.3 is 0 Å². The zero-order valence-corrected chi connectivity index (χ0v) is 16.1. The monoisotopic (exact) mass is 369 g/mol. The van der Waals surface area contributed by atoms with Crippen LogP contribution in [-0.4, -0.2) is 32.2 Å². The fourth-order valence-corrected chi connectivity index (χ4v) is 4.96. The van der Waals surface area contributed by atoms with Gasteiger partial charge in [-0.2, -0.15) is 0 Å². The summed E-state index contributed by atoms with van der Waals surface area (Å²) in [6.07, 6.45) is 4.30. The molecule has 1 saturated heterocycles. The number of thioether (sulfide) groups is 1. The highest BCUT2D eigenvalue weighted by atomic mass is 32.2. The molecule has 1 aliphatic rings. The molecular formula is C20H23N3O2S. The first kappa shape index (κ1) is 17.4. The average Bonchev–Trinajstić information content (AvgIpc) is 3.20.